The monoisotopic (exact) mass is 304 g/mol. The van der Waals surface area contributed by atoms with Crippen LogP contribution >= 0.6 is 11.6 Å². The predicted molar refractivity (Wildman–Crippen MR) is 79.2 cm³/mol. The number of carboxylic acids is 1. The molecule has 0 radical (unpaired) electrons. The number of benzene rings is 1. The predicted octanol–water partition coefficient (Wildman–Crippen LogP) is 3.05. The molecule has 0 aliphatic rings. The summed E-state index contributed by atoms with van der Waals surface area (Å²) < 4.78 is 1.40. The van der Waals surface area contributed by atoms with Crippen molar-refractivity contribution in [3.63, 3.8) is 0 Å². The summed E-state index contributed by atoms with van der Waals surface area (Å²) in [5.41, 5.74) is 2.75. The summed E-state index contributed by atoms with van der Waals surface area (Å²) in [5, 5.41) is 13.6. The van der Waals surface area contributed by atoms with E-state index in [1.807, 2.05) is 12.1 Å². The van der Waals surface area contributed by atoms with Crippen LogP contribution in [0.2, 0.25) is 5.02 Å². The number of halogens is 1. The number of fused-ring (bicyclic) bond motifs is 1. The van der Waals surface area contributed by atoms with Crippen LogP contribution < -0.4 is 0 Å². The quantitative estimate of drug-likeness (QED) is 0.776. The lowest BCUT2D eigenvalue weighted by Crippen LogP contribution is -1.97. The molecular weight excluding hydrogens is 292 g/mol. The minimum atomic E-state index is -1.02. The summed E-state index contributed by atoms with van der Waals surface area (Å²) >= 11 is 6.23. The second-order valence-electron chi connectivity index (χ2n) is 4.75. The fourth-order valence-corrected chi connectivity index (χ4v) is 2.43. The van der Waals surface area contributed by atoms with E-state index in [2.05, 4.69) is 22.0 Å². The number of carbonyl (C=O) groups is 1. The van der Waals surface area contributed by atoms with E-state index in [1.165, 1.54) is 17.1 Å². The van der Waals surface area contributed by atoms with Crippen LogP contribution in [0.3, 0.4) is 0 Å². The van der Waals surface area contributed by atoms with Crippen LogP contribution in [-0.4, -0.2) is 30.8 Å². The number of carboxylic acid groups (broad SMARTS) is 1. The maximum atomic E-state index is 10.9. The number of aromatic amines is 1. The lowest BCUT2D eigenvalue weighted by molar-refractivity contribution is 0.0697. The second-order valence-corrected chi connectivity index (χ2v) is 5.16. The average molecular weight is 305 g/mol. The molecule has 0 unspecified atom stereocenters. The summed E-state index contributed by atoms with van der Waals surface area (Å²) in [6.07, 6.45) is 4.60. The number of hydrogen-bond donors (Lipinski definition) is 2. The average Bonchev–Trinajstić information content (AvgIpc) is 3.05. The maximum absolute atomic E-state index is 10.9. The van der Waals surface area contributed by atoms with E-state index in [4.69, 9.17) is 16.7 Å². The summed E-state index contributed by atoms with van der Waals surface area (Å²) in [6, 6.07) is 3.78. The molecule has 6 nitrogen and oxygen atoms in total. The third-order valence-electron chi connectivity index (χ3n) is 3.20. The molecule has 0 fully saturated rings. The van der Waals surface area contributed by atoms with Crippen molar-refractivity contribution in [2.24, 2.45) is 0 Å². The number of aromatic carboxylic acids is 1. The van der Waals surface area contributed by atoms with Gasteiger partial charge in [-0.3, -0.25) is 0 Å². The molecule has 0 spiro atoms. The molecule has 3 rings (SSSR count). The first-order valence-corrected chi connectivity index (χ1v) is 6.92. The van der Waals surface area contributed by atoms with Gasteiger partial charge in [0.15, 0.2) is 0 Å². The van der Waals surface area contributed by atoms with Crippen LogP contribution in [0.5, 0.6) is 0 Å². The maximum Gasteiger partial charge on any atom is 0.338 e. The van der Waals surface area contributed by atoms with E-state index in [-0.39, 0.29) is 5.56 Å². The largest absolute Gasteiger partial charge is 0.478 e. The molecule has 7 heteroatoms. The van der Waals surface area contributed by atoms with Crippen molar-refractivity contribution in [1.82, 2.24) is 19.7 Å². The van der Waals surface area contributed by atoms with Gasteiger partial charge in [0.2, 0.25) is 5.95 Å². The summed E-state index contributed by atoms with van der Waals surface area (Å²) in [7, 11) is 0. The van der Waals surface area contributed by atoms with Gasteiger partial charge in [-0.05, 0) is 24.1 Å². The van der Waals surface area contributed by atoms with Crippen LogP contribution in [0.25, 0.3) is 17.0 Å². The smallest absolute Gasteiger partial charge is 0.338 e. The molecule has 0 atom stereocenters. The lowest BCUT2D eigenvalue weighted by atomic mass is 10.1. The van der Waals surface area contributed by atoms with Crippen LogP contribution in [0.4, 0.5) is 0 Å². The number of nitrogens with one attached hydrogen (secondary N) is 1. The fourth-order valence-electron chi connectivity index (χ4n) is 2.18. The van der Waals surface area contributed by atoms with Gasteiger partial charge in [0.05, 0.1) is 22.8 Å². The van der Waals surface area contributed by atoms with Gasteiger partial charge in [-0.25, -0.2) is 14.5 Å². The molecule has 2 aromatic heterocycles. The Kier molecular flexibility index (Phi) is 3.39. The highest BCUT2D eigenvalue weighted by Gasteiger charge is 2.11. The molecule has 0 bridgehead atoms. The first-order chi connectivity index (χ1) is 10.1. The molecular formula is C14H13ClN4O2. The number of aryl methyl sites for hydroxylation is 1. The van der Waals surface area contributed by atoms with Crippen molar-refractivity contribution in [3.8, 4) is 5.95 Å². The number of imidazole rings is 1. The van der Waals surface area contributed by atoms with Gasteiger partial charge in [0.1, 0.15) is 0 Å². The first-order valence-electron chi connectivity index (χ1n) is 6.55. The number of nitrogens with zero attached hydrogens (tertiary/aromatic N) is 3. The molecule has 21 heavy (non-hydrogen) atoms. The second kappa shape index (κ2) is 5.21. The van der Waals surface area contributed by atoms with Crippen LogP contribution in [0.15, 0.2) is 24.5 Å². The van der Waals surface area contributed by atoms with Gasteiger partial charge in [-0.1, -0.05) is 24.9 Å². The Labute approximate surface area is 125 Å². The topological polar surface area (TPSA) is 83.8 Å². The van der Waals surface area contributed by atoms with Gasteiger partial charge in [0, 0.05) is 11.2 Å². The highest BCUT2D eigenvalue weighted by molar-refractivity contribution is 6.32. The van der Waals surface area contributed by atoms with Crippen LogP contribution in [0.1, 0.15) is 29.3 Å². The summed E-state index contributed by atoms with van der Waals surface area (Å²) in [4.78, 5) is 18.4. The Balaban J connectivity index is 2.05. The normalized spacial score (nSPS) is 11.1. The Bertz CT molecular complexity index is 822. The Hall–Kier alpha value is -2.34. The zero-order chi connectivity index (χ0) is 15.0. The highest BCUT2D eigenvalue weighted by Crippen LogP contribution is 2.24. The van der Waals surface area contributed by atoms with Crippen LogP contribution in [-0.2, 0) is 6.42 Å². The molecule has 2 heterocycles. The molecule has 108 valence electrons. The third kappa shape index (κ3) is 2.50. The van der Waals surface area contributed by atoms with Crippen molar-refractivity contribution >= 4 is 28.6 Å². The number of rotatable bonds is 4. The third-order valence-corrected chi connectivity index (χ3v) is 3.56. The molecule has 2 N–H and O–H groups in total. The number of hydrogen-bond acceptors (Lipinski definition) is 3. The summed E-state index contributed by atoms with van der Waals surface area (Å²) in [6.45, 7) is 2.09. The molecule has 0 saturated carbocycles. The molecule has 0 amide bonds. The van der Waals surface area contributed by atoms with Crippen LogP contribution in [0, 0.1) is 0 Å². The standard InChI is InChI=1S/C14H13ClN4O2/c1-2-3-8-4-11-12(5-10(8)15)18-14(17-11)19-7-9(6-16-19)13(20)21/h4-7H,2-3H2,1H3,(H,17,18)(H,20,21). The van der Waals surface area contributed by atoms with Gasteiger partial charge in [0.25, 0.3) is 0 Å². The Morgan fingerprint density at radius 2 is 2.29 bits per heavy atom. The number of aromatic nitrogens is 4. The minimum Gasteiger partial charge on any atom is -0.478 e. The Morgan fingerprint density at radius 3 is 2.95 bits per heavy atom. The first kappa shape index (κ1) is 13.6. The van der Waals surface area contributed by atoms with Crippen molar-refractivity contribution in [1.29, 1.82) is 0 Å². The number of H-pyrrole nitrogens is 1. The zero-order valence-electron chi connectivity index (χ0n) is 11.3. The lowest BCUT2D eigenvalue weighted by Gasteiger charge is -2.01. The molecule has 0 aliphatic carbocycles. The van der Waals surface area contributed by atoms with E-state index >= 15 is 0 Å². The van der Waals surface area contributed by atoms with Gasteiger partial charge in [-0.2, -0.15) is 5.10 Å². The molecule has 3 aromatic rings. The molecule has 1 aromatic carbocycles. The van der Waals surface area contributed by atoms with Gasteiger partial charge in [-0.15, -0.1) is 0 Å². The molecule has 0 saturated heterocycles. The SMILES string of the molecule is CCCc1cc2[nH]c(-n3cc(C(=O)O)cn3)nc2cc1Cl. The molecule has 0 aliphatic heterocycles. The van der Waals surface area contributed by atoms with Crippen molar-refractivity contribution in [3.05, 3.63) is 40.7 Å². The van der Waals surface area contributed by atoms with E-state index in [0.29, 0.717) is 11.0 Å². The van der Waals surface area contributed by atoms with Crippen molar-refractivity contribution < 1.29 is 9.90 Å². The van der Waals surface area contributed by atoms with Crippen molar-refractivity contribution in [2.45, 2.75) is 19.8 Å². The fraction of sp³-hybridized carbons (Fsp3) is 0.214. The Morgan fingerprint density at radius 1 is 1.48 bits per heavy atom. The summed E-state index contributed by atoms with van der Waals surface area (Å²) in [5.74, 6) is -0.562. The van der Waals surface area contributed by atoms with Gasteiger partial charge < -0.3 is 10.1 Å². The van der Waals surface area contributed by atoms with E-state index < -0.39 is 5.97 Å². The zero-order valence-corrected chi connectivity index (χ0v) is 12.1. The van der Waals surface area contributed by atoms with E-state index in [1.54, 1.807) is 0 Å². The van der Waals surface area contributed by atoms with Gasteiger partial charge >= 0.3 is 5.97 Å². The van der Waals surface area contributed by atoms with E-state index in [9.17, 15) is 4.79 Å². The highest BCUT2D eigenvalue weighted by atomic mass is 35.5. The minimum absolute atomic E-state index is 0.111. The van der Waals surface area contributed by atoms with E-state index in [0.717, 1.165) is 29.4 Å². The van der Waals surface area contributed by atoms with Crippen molar-refractivity contribution in [2.75, 3.05) is 0 Å².